The lowest BCUT2D eigenvalue weighted by molar-refractivity contribution is -0.113. The number of carboxylic acids is 2. The zero-order chi connectivity index (χ0) is 39.2. The number of halogens is 2. The molecular formula is C35H38F2N10O6. The average molecular weight is 733 g/mol. The first kappa shape index (κ1) is 40.2. The molecule has 0 atom stereocenters. The van der Waals surface area contributed by atoms with Crippen LogP contribution in [-0.4, -0.2) is 60.7 Å². The molecular weight excluding hydrogens is 694 g/mol. The van der Waals surface area contributed by atoms with Crippen LogP contribution in [0.5, 0.6) is 0 Å². The van der Waals surface area contributed by atoms with Gasteiger partial charge in [-0.2, -0.15) is 5.10 Å². The van der Waals surface area contributed by atoms with Crippen molar-refractivity contribution >= 4 is 47.0 Å². The molecule has 2 aromatic heterocycles. The van der Waals surface area contributed by atoms with Crippen LogP contribution in [0.15, 0.2) is 90.9 Å². The number of anilines is 2. The summed E-state index contributed by atoms with van der Waals surface area (Å²) in [6.07, 6.45) is 12.8. The van der Waals surface area contributed by atoms with Gasteiger partial charge in [0, 0.05) is 38.4 Å². The van der Waals surface area contributed by atoms with E-state index in [-0.39, 0.29) is 64.5 Å². The number of allylic oxidation sites excluding steroid dienone is 5. The van der Waals surface area contributed by atoms with Gasteiger partial charge in [0.1, 0.15) is 23.8 Å². The number of nitrogens with two attached hydrogens (primary N) is 4. The molecule has 53 heavy (non-hydrogen) atoms. The zero-order valence-electron chi connectivity index (χ0n) is 28.6. The Bertz CT molecular complexity index is 2100. The Labute approximate surface area is 301 Å². The molecule has 0 bridgehead atoms. The van der Waals surface area contributed by atoms with Crippen molar-refractivity contribution in [3.8, 4) is 0 Å². The van der Waals surface area contributed by atoms with Gasteiger partial charge >= 0.3 is 11.9 Å². The van der Waals surface area contributed by atoms with Gasteiger partial charge in [-0.15, -0.1) is 0 Å². The van der Waals surface area contributed by atoms with Crippen LogP contribution in [0, 0.1) is 11.6 Å². The van der Waals surface area contributed by atoms with Gasteiger partial charge in [0.25, 0.3) is 5.91 Å². The monoisotopic (exact) mass is 732 g/mol. The highest BCUT2D eigenvalue weighted by Crippen LogP contribution is 2.25. The Morgan fingerprint density at radius 1 is 0.868 bits per heavy atom. The number of aryl methyl sites for hydroxylation is 3. The Morgan fingerprint density at radius 2 is 1.47 bits per heavy atom. The van der Waals surface area contributed by atoms with Crippen molar-refractivity contribution in [3.63, 3.8) is 0 Å². The number of aromatic nitrogens is 4. The fourth-order valence-electron chi connectivity index (χ4n) is 4.66. The lowest BCUT2D eigenvalue weighted by atomic mass is 9.99. The van der Waals surface area contributed by atoms with E-state index in [0.29, 0.717) is 12.0 Å². The van der Waals surface area contributed by atoms with Crippen LogP contribution in [0.3, 0.4) is 0 Å². The first-order valence-corrected chi connectivity index (χ1v) is 15.5. The number of carbonyl (C=O) groups excluding carboxylic acids is 2. The fourth-order valence-corrected chi connectivity index (χ4v) is 4.66. The third-order valence-electron chi connectivity index (χ3n) is 7.45. The summed E-state index contributed by atoms with van der Waals surface area (Å²) in [5.74, 6) is -4.91. The number of carbonyl (C=O) groups is 4. The molecule has 1 amide bonds. The highest BCUT2D eigenvalue weighted by molar-refractivity contribution is 6.07. The van der Waals surface area contributed by atoms with Crippen LogP contribution in [0.1, 0.15) is 44.0 Å². The lowest BCUT2D eigenvalue weighted by Gasteiger charge is -2.13. The van der Waals surface area contributed by atoms with E-state index in [9.17, 15) is 38.2 Å². The summed E-state index contributed by atoms with van der Waals surface area (Å²) < 4.78 is 32.3. The molecule has 0 unspecified atom stereocenters. The van der Waals surface area contributed by atoms with Crippen molar-refractivity contribution in [2.75, 3.05) is 17.7 Å². The highest BCUT2D eigenvalue weighted by Gasteiger charge is 2.19. The number of nitrogens with zero attached hydrogens (tertiary/aromatic N) is 4. The smallest absolute Gasteiger partial charge is 0.337 e. The van der Waals surface area contributed by atoms with Crippen molar-refractivity contribution < 1.29 is 38.2 Å². The number of carboxylic acid groups (broad SMARTS) is 2. The molecule has 278 valence electrons. The fraction of sp³-hybridized carbons (Fsp3) is 0.143. The number of aromatic carboxylic acids is 2. The molecule has 0 aliphatic heterocycles. The van der Waals surface area contributed by atoms with Gasteiger partial charge in [-0.3, -0.25) is 18.8 Å². The van der Waals surface area contributed by atoms with E-state index in [0.717, 1.165) is 17.8 Å². The van der Waals surface area contributed by atoms with Crippen LogP contribution in [-0.2, 0) is 29.5 Å². The van der Waals surface area contributed by atoms with Gasteiger partial charge in [-0.25, -0.2) is 23.4 Å². The van der Waals surface area contributed by atoms with Crippen molar-refractivity contribution in [1.82, 2.24) is 19.3 Å². The maximum Gasteiger partial charge on any atom is 0.337 e. The van der Waals surface area contributed by atoms with Crippen LogP contribution >= 0.6 is 0 Å². The summed E-state index contributed by atoms with van der Waals surface area (Å²) in [5, 5.41) is 27.7. The van der Waals surface area contributed by atoms with E-state index in [4.69, 9.17) is 22.9 Å². The van der Waals surface area contributed by atoms with Crippen molar-refractivity contribution in [2.45, 2.75) is 19.3 Å². The molecule has 2 heterocycles. The van der Waals surface area contributed by atoms with Crippen LogP contribution in [0.25, 0.3) is 11.5 Å². The summed E-state index contributed by atoms with van der Waals surface area (Å²) in [5.41, 5.74) is 23.4. The zero-order valence-corrected chi connectivity index (χ0v) is 28.6. The molecule has 4 rings (SSSR count). The molecule has 0 radical (unpaired) electrons. The average Bonchev–Trinajstić information content (AvgIpc) is 3.83. The van der Waals surface area contributed by atoms with Gasteiger partial charge < -0.3 is 43.8 Å². The van der Waals surface area contributed by atoms with Crippen LogP contribution in [0.2, 0.25) is 0 Å². The first-order chi connectivity index (χ1) is 25.2. The summed E-state index contributed by atoms with van der Waals surface area (Å²) in [6, 6.07) is 6.03. The predicted molar refractivity (Wildman–Crippen MR) is 194 cm³/mol. The summed E-state index contributed by atoms with van der Waals surface area (Å²) >= 11 is 0. The number of rotatable bonds is 14. The first-order valence-electron chi connectivity index (χ1n) is 15.5. The minimum Gasteiger partial charge on any atom is -0.478 e. The topological polar surface area (TPSA) is 273 Å². The number of aldehydes is 1. The lowest BCUT2D eigenvalue weighted by Crippen LogP contribution is -2.22. The third-order valence-corrected chi connectivity index (χ3v) is 7.45. The van der Waals surface area contributed by atoms with E-state index in [1.165, 1.54) is 54.5 Å². The van der Waals surface area contributed by atoms with Gasteiger partial charge in [-0.1, -0.05) is 0 Å². The molecule has 2 aromatic carbocycles. The molecule has 0 fully saturated rings. The van der Waals surface area contributed by atoms with Gasteiger partial charge in [0.15, 0.2) is 6.29 Å². The predicted octanol–water partition coefficient (Wildman–Crippen LogP) is 2.77. The Morgan fingerprint density at radius 3 is 1.98 bits per heavy atom. The van der Waals surface area contributed by atoms with E-state index in [1.807, 2.05) is 0 Å². The normalized spacial score (nSPS) is 12.1. The molecule has 0 spiro atoms. The van der Waals surface area contributed by atoms with E-state index >= 15 is 0 Å². The molecule has 0 aliphatic rings. The van der Waals surface area contributed by atoms with Crippen molar-refractivity contribution in [1.29, 1.82) is 0 Å². The maximum absolute atomic E-state index is 14.7. The Hall–Kier alpha value is -7.24. The second-order valence-corrected chi connectivity index (χ2v) is 11.1. The second-order valence-electron chi connectivity index (χ2n) is 11.1. The van der Waals surface area contributed by atoms with E-state index < -0.39 is 35.0 Å². The highest BCUT2D eigenvalue weighted by atomic mass is 19.1. The quantitative estimate of drug-likeness (QED) is 0.0527. The molecule has 0 saturated heterocycles. The van der Waals surface area contributed by atoms with Crippen molar-refractivity contribution in [2.24, 2.45) is 30.0 Å². The number of benzene rings is 2. The number of nitrogens with one attached hydrogen (secondary N) is 2. The molecule has 12 N–H and O–H groups in total. The second kappa shape index (κ2) is 18.7. The van der Waals surface area contributed by atoms with Crippen molar-refractivity contribution in [3.05, 3.63) is 131 Å². The third kappa shape index (κ3) is 11.1. The Balaban J connectivity index is 0.000000452. The van der Waals surface area contributed by atoms with Crippen LogP contribution in [0.4, 0.5) is 20.2 Å². The minimum absolute atomic E-state index is 0.0686. The number of hydrogen-bond acceptors (Lipinski definition) is 11. The molecule has 18 heteroatoms. The molecule has 0 aliphatic carbocycles. The van der Waals surface area contributed by atoms with Gasteiger partial charge in [0.05, 0.1) is 39.6 Å². The largest absolute Gasteiger partial charge is 0.478 e. The SMILES string of the molecule is CNc1cc(CCCc2cc(NC(=O)/C(N)=C/C=C(\N)n3ccnc3)c(C(=O)O)cc2F)c(F)cc1C(=O)O.Cn1nccc1/C(N)=C/C=C(\N)C=O. The standard InChI is InChI=1S/C26H26F2N6O5.C9H12N4O/c1-31-21-9-14(18(27)11-16(21)25(36)37)3-2-4-15-10-22(17(26(38)39)12-19(15)28)33-24(35)20(29)5-6-23(30)34-8-7-32-13-34;1-13-9(4-5-12-13)8(11)3-2-7(10)6-14/h5-13,31H,2-4,29-30H2,1H3,(H,33,35)(H,36,37)(H,38,39);2-6H,10-11H2,1H3/b20-5-,23-6+;7-2-,8-3-. The maximum atomic E-state index is 14.7. The Kier molecular flexibility index (Phi) is 14.2. The van der Waals surface area contributed by atoms with Crippen LogP contribution < -0.4 is 33.6 Å². The molecule has 0 saturated carbocycles. The summed E-state index contributed by atoms with van der Waals surface area (Å²) in [7, 11) is 3.29. The summed E-state index contributed by atoms with van der Waals surface area (Å²) in [6.45, 7) is 0. The number of amides is 1. The van der Waals surface area contributed by atoms with Gasteiger partial charge in [0.2, 0.25) is 0 Å². The number of hydrogen-bond donors (Lipinski definition) is 8. The van der Waals surface area contributed by atoms with E-state index in [2.05, 4.69) is 20.7 Å². The van der Waals surface area contributed by atoms with E-state index in [1.54, 1.807) is 36.3 Å². The number of imidazole rings is 1. The van der Waals surface area contributed by atoms with Gasteiger partial charge in [-0.05, 0) is 85.0 Å². The molecule has 4 aromatic rings. The summed E-state index contributed by atoms with van der Waals surface area (Å²) in [4.78, 5) is 49.6. The minimum atomic E-state index is -1.47. The molecule has 16 nitrogen and oxygen atoms in total.